The normalized spacial score (nSPS) is 9.84. The van der Waals surface area contributed by atoms with E-state index >= 15 is 0 Å². The molecule has 0 unspecified atom stereocenters. The second-order valence-corrected chi connectivity index (χ2v) is 4.41. The van der Waals surface area contributed by atoms with Crippen molar-refractivity contribution in [2.24, 2.45) is 0 Å². The third-order valence-corrected chi connectivity index (χ3v) is 2.83. The Morgan fingerprint density at radius 1 is 1.32 bits per heavy atom. The molecule has 7 heteroatoms. The van der Waals surface area contributed by atoms with E-state index in [2.05, 4.69) is 5.32 Å². The molecule has 1 aromatic carbocycles. The van der Waals surface area contributed by atoms with Crippen molar-refractivity contribution in [1.29, 1.82) is 0 Å². The van der Waals surface area contributed by atoms with Crippen LogP contribution >= 0.6 is 11.8 Å². The number of carbonyl (C=O) groups excluding carboxylic acids is 1. The standard InChI is InChI=1S/C12H15NO5S/c1-17-9-5-7(12(15)16)4-8(11(9)18-2)13-10(14)6-19-3/h4-5H,6H2,1-3H3,(H,13,14)(H,15,16). The van der Waals surface area contributed by atoms with Crippen LogP contribution in [-0.4, -0.2) is 43.2 Å². The van der Waals surface area contributed by atoms with Gasteiger partial charge in [0, 0.05) is 0 Å². The summed E-state index contributed by atoms with van der Waals surface area (Å²) in [6, 6.07) is 2.67. The zero-order chi connectivity index (χ0) is 14.4. The number of hydrogen-bond acceptors (Lipinski definition) is 5. The van der Waals surface area contributed by atoms with Crippen LogP contribution in [0.5, 0.6) is 11.5 Å². The van der Waals surface area contributed by atoms with Crippen molar-refractivity contribution in [1.82, 2.24) is 0 Å². The van der Waals surface area contributed by atoms with E-state index < -0.39 is 5.97 Å². The Hall–Kier alpha value is -1.89. The first-order valence-electron chi connectivity index (χ1n) is 5.31. The fraction of sp³-hybridized carbons (Fsp3) is 0.333. The van der Waals surface area contributed by atoms with Crippen LogP contribution in [0.25, 0.3) is 0 Å². The first-order valence-corrected chi connectivity index (χ1v) is 6.71. The van der Waals surface area contributed by atoms with Crippen molar-refractivity contribution in [3.8, 4) is 11.5 Å². The highest BCUT2D eigenvalue weighted by Crippen LogP contribution is 2.36. The van der Waals surface area contributed by atoms with E-state index in [-0.39, 0.29) is 28.7 Å². The molecule has 0 aliphatic rings. The highest BCUT2D eigenvalue weighted by Gasteiger charge is 2.17. The molecule has 0 radical (unpaired) electrons. The van der Waals surface area contributed by atoms with Crippen molar-refractivity contribution in [2.45, 2.75) is 0 Å². The number of carboxylic acids is 1. The lowest BCUT2D eigenvalue weighted by Crippen LogP contribution is -2.15. The Morgan fingerprint density at radius 3 is 2.47 bits per heavy atom. The molecular weight excluding hydrogens is 270 g/mol. The van der Waals surface area contributed by atoms with Gasteiger partial charge in [0.25, 0.3) is 0 Å². The Balaban J connectivity index is 3.21. The molecule has 0 saturated heterocycles. The van der Waals surface area contributed by atoms with Gasteiger partial charge in [-0.1, -0.05) is 0 Å². The highest BCUT2D eigenvalue weighted by atomic mass is 32.2. The minimum absolute atomic E-state index is 0.0112. The summed E-state index contributed by atoms with van der Waals surface area (Å²) in [5.74, 6) is -0.538. The van der Waals surface area contributed by atoms with Gasteiger partial charge in [0.15, 0.2) is 11.5 Å². The molecule has 0 atom stereocenters. The van der Waals surface area contributed by atoms with Crippen LogP contribution in [-0.2, 0) is 4.79 Å². The molecule has 0 saturated carbocycles. The second-order valence-electron chi connectivity index (χ2n) is 3.55. The van der Waals surface area contributed by atoms with Gasteiger partial charge in [-0.15, -0.1) is 0 Å². The summed E-state index contributed by atoms with van der Waals surface area (Å²) >= 11 is 1.36. The molecule has 0 aliphatic heterocycles. The van der Waals surface area contributed by atoms with E-state index in [0.717, 1.165) is 0 Å². The maximum absolute atomic E-state index is 11.6. The Bertz CT molecular complexity index is 489. The van der Waals surface area contributed by atoms with Crippen LogP contribution in [0.4, 0.5) is 5.69 Å². The Kier molecular flexibility index (Phi) is 5.50. The van der Waals surface area contributed by atoms with Gasteiger partial charge in [0.05, 0.1) is 31.2 Å². The highest BCUT2D eigenvalue weighted by molar-refractivity contribution is 7.99. The van der Waals surface area contributed by atoms with E-state index in [9.17, 15) is 9.59 Å². The molecular formula is C12H15NO5S. The third kappa shape index (κ3) is 3.78. The molecule has 0 fully saturated rings. The van der Waals surface area contributed by atoms with Gasteiger partial charge in [-0.25, -0.2) is 4.79 Å². The fourth-order valence-corrected chi connectivity index (χ4v) is 1.83. The molecule has 1 amide bonds. The van der Waals surface area contributed by atoms with Crippen LogP contribution in [0.1, 0.15) is 10.4 Å². The van der Waals surface area contributed by atoms with Gasteiger partial charge < -0.3 is 19.9 Å². The number of anilines is 1. The number of methoxy groups -OCH3 is 2. The predicted octanol–water partition coefficient (Wildman–Crippen LogP) is 1.70. The number of thioether (sulfide) groups is 1. The van der Waals surface area contributed by atoms with Crippen molar-refractivity contribution in [3.63, 3.8) is 0 Å². The lowest BCUT2D eigenvalue weighted by molar-refractivity contribution is -0.113. The molecule has 0 aromatic heterocycles. The summed E-state index contributed by atoms with van der Waals surface area (Å²) in [6.45, 7) is 0. The van der Waals surface area contributed by atoms with Crippen LogP contribution in [0, 0.1) is 0 Å². The number of carboxylic acid groups (broad SMARTS) is 1. The molecule has 0 bridgehead atoms. The summed E-state index contributed by atoms with van der Waals surface area (Å²) in [4.78, 5) is 22.6. The largest absolute Gasteiger partial charge is 0.493 e. The smallest absolute Gasteiger partial charge is 0.335 e. The number of ether oxygens (including phenoxy) is 2. The summed E-state index contributed by atoms with van der Waals surface area (Å²) in [6.07, 6.45) is 1.80. The SMILES string of the molecule is COc1cc(C(=O)O)cc(NC(=O)CSC)c1OC. The van der Waals surface area contributed by atoms with E-state index in [1.165, 1.54) is 38.1 Å². The molecule has 1 rings (SSSR count). The Labute approximate surface area is 115 Å². The summed E-state index contributed by atoms with van der Waals surface area (Å²) in [5, 5.41) is 11.6. The number of hydrogen-bond donors (Lipinski definition) is 2. The first kappa shape index (κ1) is 15.2. The van der Waals surface area contributed by atoms with E-state index in [1.54, 1.807) is 6.26 Å². The fourth-order valence-electron chi connectivity index (χ4n) is 1.50. The van der Waals surface area contributed by atoms with Gasteiger partial charge in [0.1, 0.15) is 0 Å². The van der Waals surface area contributed by atoms with Crippen LogP contribution in [0.3, 0.4) is 0 Å². The number of benzene rings is 1. The molecule has 0 heterocycles. The second kappa shape index (κ2) is 6.89. The average Bonchev–Trinajstić information content (AvgIpc) is 2.37. The Morgan fingerprint density at radius 2 is 2.00 bits per heavy atom. The number of rotatable bonds is 6. The quantitative estimate of drug-likeness (QED) is 0.827. The number of nitrogens with one attached hydrogen (secondary N) is 1. The molecule has 2 N–H and O–H groups in total. The van der Waals surface area contributed by atoms with Gasteiger partial charge in [-0.05, 0) is 18.4 Å². The van der Waals surface area contributed by atoms with Crippen molar-refractivity contribution in [2.75, 3.05) is 31.5 Å². The topological polar surface area (TPSA) is 84.9 Å². The van der Waals surface area contributed by atoms with Crippen molar-refractivity contribution in [3.05, 3.63) is 17.7 Å². The van der Waals surface area contributed by atoms with Crippen LogP contribution in [0.2, 0.25) is 0 Å². The molecule has 104 valence electrons. The molecule has 1 aromatic rings. The third-order valence-electron chi connectivity index (χ3n) is 2.28. The zero-order valence-corrected chi connectivity index (χ0v) is 11.7. The summed E-state index contributed by atoms with van der Waals surface area (Å²) in [5.41, 5.74) is 0.287. The summed E-state index contributed by atoms with van der Waals surface area (Å²) in [7, 11) is 2.82. The average molecular weight is 285 g/mol. The van der Waals surface area contributed by atoms with Gasteiger partial charge in [-0.2, -0.15) is 11.8 Å². The number of carbonyl (C=O) groups is 2. The molecule has 0 spiro atoms. The lowest BCUT2D eigenvalue weighted by atomic mass is 10.1. The van der Waals surface area contributed by atoms with Crippen LogP contribution in [0.15, 0.2) is 12.1 Å². The molecule has 19 heavy (non-hydrogen) atoms. The van der Waals surface area contributed by atoms with E-state index in [1.807, 2.05) is 0 Å². The van der Waals surface area contributed by atoms with Gasteiger partial charge >= 0.3 is 5.97 Å². The zero-order valence-electron chi connectivity index (χ0n) is 10.9. The van der Waals surface area contributed by atoms with Gasteiger partial charge in [0.2, 0.25) is 5.91 Å². The van der Waals surface area contributed by atoms with Gasteiger partial charge in [-0.3, -0.25) is 4.79 Å². The maximum atomic E-state index is 11.6. The van der Waals surface area contributed by atoms with E-state index in [0.29, 0.717) is 5.75 Å². The molecule has 0 aliphatic carbocycles. The molecule has 6 nitrogen and oxygen atoms in total. The first-order chi connectivity index (χ1) is 9.03. The predicted molar refractivity (Wildman–Crippen MR) is 73.5 cm³/mol. The van der Waals surface area contributed by atoms with Crippen LogP contribution < -0.4 is 14.8 Å². The number of aromatic carboxylic acids is 1. The minimum atomic E-state index is -1.11. The monoisotopic (exact) mass is 285 g/mol. The minimum Gasteiger partial charge on any atom is -0.493 e. The summed E-state index contributed by atoms with van der Waals surface area (Å²) < 4.78 is 10.2. The lowest BCUT2D eigenvalue weighted by Gasteiger charge is -2.14. The van der Waals surface area contributed by atoms with Crippen molar-refractivity contribution >= 4 is 29.3 Å². The number of amides is 1. The van der Waals surface area contributed by atoms with E-state index in [4.69, 9.17) is 14.6 Å². The van der Waals surface area contributed by atoms with Crippen molar-refractivity contribution < 1.29 is 24.2 Å². The maximum Gasteiger partial charge on any atom is 0.335 e.